The molecule has 5 rings (SSSR count). The van der Waals surface area contributed by atoms with Gasteiger partial charge in [0.2, 0.25) is 11.0 Å². The van der Waals surface area contributed by atoms with Crippen LogP contribution in [0.5, 0.6) is 5.75 Å². The molecule has 1 fully saturated rings. The number of furan rings is 1. The van der Waals surface area contributed by atoms with Gasteiger partial charge < -0.3 is 18.5 Å². The highest BCUT2D eigenvalue weighted by Crippen LogP contribution is 2.41. The molecule has 0 N–H and O–H groups in total. The first-order valence-corrected chi connectivity index (χ1v) is 11.5. The highest BCUT2D eigenvalue weighted by atomic mass is 32.2. The zero-order chi connectivity index (χ0) is 22.9. The van der Waals surface area contributed by atoms with Crippen molar-refractivity contribution >= 4 is 32.9 Å². The molecule has 2 aromatic heterocycles. The minimum absolute atomic E-state index is 0.220. The third kappa shape index (κ3) is 4.02. The number of ether oxygens (including phenoxy) is 1. The number of benzene rings is 2. The molecule has 0 aliphatic carbocycles. The van der Waals surface area contributed by atoms with E-state index in [1.165, 1.54) is 0 Å². The molecule has 0 saturated carbocycles. The Morgan fingerprint density at radius 2 is 1.97 bits per heavy atom. The van der Waals surface area contributed by atoms with E-state index < -0.39 is 6.04 Å². The summed E-state index contributed by atoms with van der Waals surface area (Å²) >= 11 is 0.735. The second-order valence-electron chi connectivity index (χ2n) is 7.81. The predicted octanol–water partition coefficient (Wildman–Crippen LogP) is 6.12. The Balaban J connectivity index is 1.39. The van der Waals surface area contributed by atoms with Gasteiger partial charge in [0.1, 0.15) is 29.6 Å². The molecule has 7 nitrogen and oxygen atoms in total. The molecule has 1 saturated heterocycles. The number of thioether (sulfide) groups is 1. The number of carbonyl (C=O) groups excluding carboxylic acids is 2. The molecule has 1 amide bonds. The van der Waals surface area contributed by atoms with Crippen LogP contribution in [0.15, 0.2) is 63.6 Å². The first kappa shape index (κ1) is 21.3. The molecule has 1 unspecified atom stereocenters. The monoisotopic (exact) mass is 462 g/mol. The Morgan fingerprint density at radius 3 is 2.76 bits per heavy atom. The van der Waals surface area contributed by atoms with Gasteiger partial charge in [0.05, 0.1) is 6.26 Å². The maximum Gasteiger partial charge on any atom is 0.290 e. The molecule has 168 valence electrons. The summed E-state index contributed by atoms with van der Waals surface area (Å²) < 4.78 is 17.6. The third-order valence-electron chi connectivity index (χ3n) is 5.56. The van der Waals surface area contributed by atoms with Crippen molar-refractivity contribution < 1.29 is 23.2 Å². The molecule has 0 bridgehead atoms. The van der Waals surface area contributed by atoms with E-state index in [0.29, 0.717) is 35.4 Å². The van der Waals surface area contributed by atoms with Gasteiger partial charge in [0, 0.05) is 34.6 Å². The SMILES string of the molecule is CCCN1C(=O)SC(=O)C1c1occ2ccc(OCc3nc(-c4ccccc4)oc3C)cc12. The molecule has 1 aliphatic rings. The van der Waals surface area contributed by atoms with E-state index in [0.717, 1.165) is 34.5 Å². The van der Waals surface area contributed by atoms with E-state index in [9.17, 15) is 9.59 Å². The molecule has 1 aliphatic heterocycles. The summed E-state index contributed by atoms with van der Waals surface area (Å²) in [6, 6.07) is 14.5. The molecule has 0 spiro atoms. The summed E-state index contributed by atoms with van der Waals surface area (Å²) in [6.07, 6.45) is 2.36. The number of hydrogen-bond donors (Lipinski definition) is 0. The summed E-state index contributed by atoms with van der Waals surface area (Å²) in [4.78, 5) is 31.0. The van der Waals surface area contributed by atoms with Crippen molar-refractivity contribution in [3.05, 3.63) is 72.0 Å². The van der Waals surface area contributed by atoms with Gasteiger partial charge in [-0.15, -0.1) is 0 Å². The average Bonchev–Trinajstić information content (AvgIpc) is 3.48. The van der Waals surface area contributed by atoms with Crippen LogP contribution in [0.4, 0.5) is 4.79 Å². The molecule has 4 aromatic rings. The van der Waals surface area contributed by atoms with Crippen molar-refractivity contribution in [2.75, 3.05) is 6.54 Å². The average molecular weight is 463 g/mol. The van der Waals surface area contributed by atoms with Crippen molar-refractivity contribution in [1.29, 1.82) is 0 Å². The van der Waals surface area contributed by atoms with E-state index in [-0.39, 0.29) is 17.0 Å². The van der Waals surface area contributed by atoms with Gasteiger partial charge >= 0.3 is 0 Å². The second-order valence-corrected chi connectivity index (χ2v) is 8.76. The summed E-state index contributed by atoms with van der Waals surface area (Å²) in [5.74, 6) is 2.33. The number of oxazole rings is 1. The van der Waals surface area contributed by atoms with Gasteiger partial charge in [-0.1, -0.05) is 25.1 Å². The van der Waals surface area contributed by atoms with E-state index in [1.807, 2.05) is 62.4 Å². The zero-order valence-electron chi connectivity index (χ0n) is 18.2. The largest absolute Gasteiger partial charge is 0.487 e. The number of aromatic nitrogens is 1. The van der Waals surface area contributed by atoms with E-state index in [4.69, 9.17) is 13.6 Å². The van der Waals surface area contributed by atoms with Crippen molar-refractivity contribution in [3.8, 4) is 17.2 Å². The fourth-order valence-corrected chi connectivity index (χ4v) is 4.74. The number of hydrogen-bond acceptors (Lipinski definition) is 7. The number of aryl methyl sites for hydroxylation is 1. The Hall–Kier alpha value is -3.52. The Labute approximate surface area is 194 Å². The lowest BCUT2D eigenvalue weighted by atomic mass is 10.1. The van der Waals surface area contributed by atoms with Gasteiger partial charge in [-0.25, -0.2) is 4.98 Å². The molecule has 1 atom stereocenters. The normalized spacial score (nSPS) is 16.2. The van der Waals surface area contributed by atoms with Gasteiger partial charge in [-0.2, -0.15) is 0 Å². The molecule has 2 aromatic carbocycles. The molecule has 3 heterocycles. The summed E-state index contributed by atoms with van der Waals surface area (Å²) in [5.41, 5.74) is 1.62. The Kier molecular flexibility index (Phi) is 5.68. The highest BCUT2D eigenvalue weighted by molar-refractivity contribution is 8.26. The Morgan fingerprint density at radius 1 is 1.15 bits per heavy atom. The van der Waals surface area contributed by atoms with Crippen molar-refractivity contribution in [2.24, 2.45) is 0 Å². The van der Waals surface area contributed by atoms with Crippen molar-refractivity contribution in [1.82, 2.24) is 9.88 Å². The maximum atomic E-state index is 12.6. The lowest BCUT2D eigenvalue weighted by molar-refractivity contribution is -0.114. The third-order valence-corrected chi connectivity index (χ3v) is 6.40. The summed E-state index contributed by atoms with van der Waals surface area (Å²) in [6.45, 7) is 4.56. The van der Waals surface area contributed by atoms with Crippen LogP contribution in [-0.4, -0.2) is 26.8 Å². The fourth-order valence-electron chi connectivity index (χ4n) is 3.90. The molecule has 0 radical (unpaired) electrons. The van der Waals surface area contributed by atoms with Gasteiger partial charge in [-0.3, -0.25) is 9.59 Å². The quantitative estimate of drug-likeness (QED) is 0.327. The smallest absolute Gasteiger partial charge is 0.290 e. The van der Waals surface area contributed by atoms with Gasteiger partial charge in [0.15, 0.2) is 6.04 Å². The van der Waals surface area contributed by atoms with Crippen LogP contribution in [0, 0.1) is 6.92 Å². The summed E-state index contributed by atoms with van der Waals surface area (Å²) in [5, 5.41) is 1.14. The van der Waals surface area contributed by atoms with E-state index in [2.05, 4.69) is 4.98 Å². The molecular weight excluding hydrogens is 440 g/mol. The summed E-state index contributed by atoms with van der Waals surface area (Å²) in [7, 11) is 0. The van der Waals surface area contributed by atoms with Gasteiger partial charge in [0.25, 0.3) is 5.24 Å². The molecule has 8 heteroatoms. The van der Waals surface area contributed by atoms with Crippen molar-refractivity contribution in [2.45, 2.75) is 32.9 Å². The minimum atomic E-state index is -0.721. The first-order valence-electron chi connectivity index (χ1n) is 10.7. The number of carbonyl (C=O) groups is 2. The fraction of sp³-hybridized carbons (Fsp3) is 0.240. The maximum absolute atomic E-state index is 12.6. The van der Waals surface area contributed by atoms with Crippen LogP contribution < -0.4 is 4.74 Å². The van der Waals surface area contributed by atoms with Crippen LogP contribution >= 0.6 is 11.8 Å². The van der Waals surface area contributed by atoms with Crippen LogP contribution in [0.2, 0.25) is 0 Å². The van der Waals surface area contributed by atoms with E-state index in [1.54, 1.807) is 11.2 Å². The number of amides is 1. The first-order chi connectivity index (χ1) is 16.0. The van der Waals surface area contributed by atoms with Crippen molar-refractivity contribution in [3.63, 3.8) is 0 Å². The number of fused-ring (bicyclic) bond motifs is 1. The van der Waals surface area contributed by atoms with Crippen LogP contribution in [-0.2, 0) is 11.4 Å². The van der Waals surface area contributed by atoms with E-state index >= 15 is 0 Å². The molecule has 33 heavy (non-hydrogen) atoms. The highest BCUT2D eigenvalue weighted by Gasteiger charge is 2.43. The number of rotatable bonds is 7. The second kappa shape index (κ2) is 8.78. The van der Waals surface area contributed by atoms with Gasteiger partial charge in [-0.05, 0) is 43.7 Å². The topological polar surface area (TPSA) is 85.8 Å². The minimum Gasteiger partial charge on any atom is -0.487 e. The predicted molar refractivity (Wildman–Crippen MR) is 125 cm³/mol. The van der Waals surface area contributed by atoms with Crippen LogP contribution in [0.3, 0.4) is 0 Å². The Bertz CT molecular complexity index is 1330. The van der Waals surface area contributed by atoms with Crippen LogP contribution in [0.1, 0.15) is 36.6 Å². The number of nitrogens with zero attached hydrogens (tertiary/aromatic N) is 2. The molecular formula is C25H22N2O5S. The zero-order valence-corrected chi connectivity index (χ0v) is 19.1. The van der Waals surface area contributed by atoms with Crippen LogP contribution in [0.25, 0.3) is 22.2 Å². The lowest BCUT2D eigenvalue weighted by Crippen LogP contribution is -2.28. The lowest BCUT2D eigenvalue weighted by Gasteiger charge is -2.20. The standard InChI is InChI=1S/C25H22N2O5S/c1-3-11-27-21(24(28)33-25(27)29)22-19-12-18(10-9-17(19)13-31-22)30-14-20-15(2)32-23(26-20)16-7-5-4-6-8-16/h4-10,12-13,21H,3,11,14H2,1-2H3.